The molecule has 3 nitrogen and oxygen atoms in total. The molecule has 6 heteroatoms. The van der Waals surface area contributed by atoms with Gasteiger partial charge in [0.2, 0.25) is 5.91 Å². The number of carbonyl (C=O) groups excluding carboxylic acids is 1. The molecule has 0 bridgehead atoms. The molecule has 2 saturated heterocycles. The molecule has 0 aromatic heterocycles. The Labute approximate surface area is 134 Å². The van der Waals surface area contributed by atoms with Gasteiger partial charge in [-0.15, -0.1) is 0 Å². The minimum absolute atomic E-state index is 0.0118. The summed E-state index contributed by atoms with van der Waals surface area (Å²) in [5, 5.41) is 0. The molecule has 2 heterocycles. The number of amides is 1. The first-order chi connectivity index (χ1) is 10.9. The van der Waals surface area contributed by atoms with Crippen molar-refractivity contribution in [1.82, 2.24) is 9.80 Å². The van der Waals surface area contributed by atoms with Crippen molar-refractivity contribution in [2.75, 3.05) is 26.2 Å². The Bertz CT molecular complexity index is 569. The molecule has 2 aliphatic heterocycles. The van der Waals surface area contributed by atoms with Gasteiger partial charge >= 0.3 is 0 Å². The Balaban J connectivity index is 1.52. The van der Waals surface area contributed by atoms with Crippen LogP contribution < -0.4 is 0 Å². The molecule has 0 saturated carbocycles. The lowest BCUT2D eigenvalue weighted by Crippen LogP contribution is -2.45. The van der Waals surface area contributed by atoms with E-state index in [4.69, 9.17) is 0 Å². The molecule has 1 amide bonds. The van der Waals surface area contributed by atoms with Gasteiger partial charge in [0, 0.05) is 39.0 Å². The fraction of sp³-hybridized carbons (Fsp3) is 0.588. The number of benzene rings is 1. The summed E-state index contributed by atoms with van der Waals surface area (Å²) in [5.74, 6) is -3.03. The van der Waals surface area contributed by atoms with Gasteiger partial charge < -0.3 is 4.90 Å². The van der Waals surface area contributed by atoms with E-state index >= 15 is 0 Å². The van der Waals surface area contributed by atoms with Crippen molar-refractivity contribution in [3.05, 3.63) is 35.6 Å². The standard InChI is InChI=1S/C17H21F3N2O/c18-15-3-1-2-13(10-15)11-21-7-4-14(12-21)16(23)22-8-5-17(19,20)6-9-22/h1-3,10,14H,4-9,11-12H2. The van der Waals surface area contributed by atoms with Crippen LogP contribution in [-0.4, -0.2) is 47.8 Å². The van der Waals surface area contributed by atoms with E-state index in [9.17, 15) is 18.0 Å². The molecule has 1 aromatic carbocycles. The van der Waals surface area contributed by atoms with Crippen LogP contribution in [0.25, 0.3) is 0 Å². The topological polar surface area (TPSA) is 23.6 Å². The van der Waals surface area contributed by atoms with E-state index in [1.54, 1.807) is 11.0 Å². The number of carbonyl (C=O) groups is 1. The van der Waals surface area contributed by atoms with Crippen LogP contribution in [0.15, 0.2) is 24.3 Å². The molecule has 126 valence electrons. The van der Waals surface area contributed by atoms with E-state index < -0.39 is 5.92 Å². The van der Waals surface area contributed by atoms with Crippen molar-refractivity contribution in [2.45, 2.75) is 31.7 Å². The average Bonchev–Trinajstić information content (AvgIpc) is 2.95. The smallest absolute Gasteiger partial charge is 0.251 e. The highest BCUT2D eigenvalue weighted by Gasteiger charge is 2.38. The van der Waals surface area contributed by atoms with Gasteiger partial charge in [0.05, 0.1) is 5.92 Å². The number of rotatable bonds is 3. The number of nitrogens with zero attached hydrogens (tertiary/aromatic N) is 2. The van der Waals surface area contributed by atoms with E-state index in [1.807, 2.05) is 6.07 Å². The Morgan fingerprint density at radius 1 is 1.22 bits per heavy atom. The van der Waals surface area contributed by atoms with Gasteiger partial charge in [-0.05, 0) is 30.7 Å². The summed E-state index contributed by atoms with van der Waals surface area (Å²) in [6.07, 6.45) is 0.262. The number of likely N-dealkylation sites (tertiary alicyclic amines) is 2. The molecule has 2 aliphatic rings. The lowest BCUT2D eigenvalue weighted by atomic mass is 10.0. The van der Waals surface area contributed by atoms with Crippen LogP contribution in [-0.2, 0) is 11.3 Å². The second-order valence-corrected chi connectivity index (χ2v) is 6.53. The third-order valence-corrected chi connectivity index (χ3v) is 4.72. The monoisotopic (exact) mass is 326 g/mol. The molecule has 0 radical (unpaired) electrons. The predicted molar refractivity (Wildman–Crippen MR) is 80.5 cm³/mol. The Morgan fingerprint density at radius 2 is 1.96 bits per heavy atom. The first kappa shape index (κ1) is 16.3. The van der Waals surface area contributed by atoms with Gasteiger partial charge in [-0.1, -0.05) is 12.1 Å². The molecule has 23 heavy (non-hydrogen) atoms. The van der Waals surface area contributed by atoms with Gasteiger partial charge in [0.25, 0.3) is 5.92 Å². The third-order valence-electron chi connectivity index (χ3n) is 4.72. The van der Waals surface area contributed by atoms with Crippen molar-refractivity contribution in [1.29, 1.82) is 0 Å². The summed E-state index contributed by atoms with van der Waals surface area (Å²) in [6, 6.07) is 6.45. The second-order valence-electron chi connectivity index (χ2n) is 6.53. The summed E-state index contributed by atoms with van der Waals surface area (Å²) in [4.78, 5) is 16.2. The van der Waals surface area contributed by atoms with Gasteiger partial charge in [-0.25, -0.2) is 13.2 Å². The zero-order valence-electron chi connectivity index (χ0n) is 13.0. The molecule has 3 rings (SSSR count). The van der Waals surface area contributed by atoms with Crippen molar-refractivity contribution in [2.24, 2.45) is 5.92 Å². The van der Waals surface area contributed by atoms with Crippen LogP contribution >= 0.6 is 0 Å². The fourth-order valence-corrected chi connectivity index (χ4v) is 3.38. The summed E-state index contributed by atoms with van der Waals surface area (Å²) in [6.45, 7) is 2.29. The number of hydrogen-bond donors (Lipinski definition) is 0. The van der Waals surface area contributed by atoms with Crippen molar-refractivity contribution in [3.63, 3.8) is 0 Å². The SMILES string of the molecule is O=C(C1CCN(Cc2cccc(F)c2)C1)N1CCC(F)(F)CC1. The van der Waals surface area contributed by atoms with E-state index in [1.165, 1.54) is 12.1 Å². The Hall–Kier alpha value is -1.56. The van der Waals surface area contributed by atoms with E-state index in [-0.39, 0.29) is 43.6 Å². The molecular weight excluding hydrogens is 305 g/mol. The number of piperidine rings is 1. The quantitative estimate of drug-likeness (QED) is 0.853. The average molecular weight is 326 g/mol. The third kappa shape index (κ3) is 4.05. The van der Waals surface area contributed by atoms with Gasteiger partial charge in [-0.3, -0.25) is 9.69 Å². The maximum atomic E-state index is 13.2. The molecular formula is C17H21F3N2O. The highest BCUT2D eigenvalue weighted by atomic mass is 19.3. The predicted octanol–water partition coefficient (Wildman–Crippen LogP) is 2.91. The summed E-state index contributed by atoms with van der Waals surface area (Å²) >= 11 is 0. The lowest BCUT2D eigenvalue weighted by molar-refractivity contribution is -0.141. The van der Waals surface area contributed by atoms with Crippen LogP contribution in [0, 0.1) is 11.7 Å². The lowest BCUT2D eigenvalue weighted by Gasteiger charge is -2.33. The number of alkyl halides is 2. The number of hydrogen-bond acceptors (Lipinski definition) is 2. The number of halogens is 3. The largest absolute Gasteiger partial charge is 0.342 e. The fourth-order valence-electron chi connectivity index (χ4n) is 3.38. The van der Waals surface area contributed by atoms with Crippen molar-refractivity contribution in [3.8, 4) is 0 Å². The maximum Gasteiger partial charge on any atom is 0.251 e. The summed E-state index contributed by atoms with van der Waals surface area (Å²) < 4.78 is 39.6. The van der Waals surface area contributed by atoms with Crippen molar-refractivity contribution < 1.29 is 18.0 Å². The summed E-state index contributed by atoms with van der Waals surface area (Å²) in [5.41, 5.74) is 0.885. The molecule has 1 atom stereocenters. The molecule has 2 fully saturated rings. The highest BCUT2D eigenvalue weighted by molar-refractivity contribution is 5.79. The normalized spacial score (nSPS) is 24.8. The van der Waals surface area contributed by atoms with Gasteiger partial charge in [-0.2, -0.15) is 0 Å². The second kappa shape index (κ2) is 6.51. The molecule has 1 unspecified atom stereocenters. The van der Waals surface area contributed by atoms with Crippen molar-refractivity contribution >= 4 is 5.91 Å². The van der Waals surface area contributed by atoms with Gasteiger partial charge in [0.15, 0.2) is 0 Å². The molecule has 0 aliphatic carbocycles. The minimum atomic E-state index is -2.63. The van der Waals surface area contributed by atoms with Crippen LogP contribution in [0.4, 0.5) is 13.2 Å². The van der Waals surface area contributed by atoms with Crippen LogP contribution in [0.1, 0.15) is 24.8 Å². The van der Waals surface area contributed by atoms with Gasteiger partial charge in [0.1, 0.15) is 5.82 Å². The zero-order chi connectivity index (χ0) is 16.4. The Morgan fingerprint density at radius 3 is 2.65 bits per heavy atom. The maximum absolute atomic E-state index is 13.2. The first-order valence-electron chi connectivity index (χ1n) is 8.06. The van der Waals surface area contributed by atoms with E-state index in [2.05, 4.69) is 4.90 Å². The molecule has 0 spiro atoms. The van der Waals surface area contributed by atoms with Crippen LogP contribution in [0.5, 0.6) is 0 Å². The molecule has 0 N–H and O–H groups in total. The zero-order valence-corrected chi connectivity index (χ0v) is 13.0. The minimum Gasteiger partial charge on any atom is -0.342 e. The van der Waals surface area contributed by atoms with Crippen LogP contribution in [0.3, 0.4) is 0 Å². The van der Waals surface area contributed by atoms with E-state index in [0.717, 1.165) is 18.5 Å². The van der Waals surface area contributed by atoms with E-state index in [0.29, 0.717) is 13.1 Å². The van der Waals surface area contributed by atoms with Crippen LogP contribution in [0.2, 0.25) is 0 Å². The summed E-state index contributed by atoms with van der Waals surface area (Å²) in [7, 11) is 0. The molecule has 1 aromatic rings. The Kier molecular flexibility index (Phi) is 4.62. The first-order valence-corrected chi connectivity index (χ1v) is 8.06. The highest BCUT2D eigenvalue weighted by Crippen LogP contribution is 2.29.